The molecular weight excluding hydrogens is 274 g/mol. The van der Waals surface area contributed by atoms with Crippen LogP contribution in [0, 0.1) is 0 Å². The molecule has 1 aromatic carbocycles. The lowest BCUT2D eigenvalue weighted by Gasteiger charge is -2.10. The van der Waals surface area contributed by atoms with Gasteiger partial charge in [0.2, 0.25) is 0 Å². The molecule has 0 saturated carbocycles. The van der Waals surface area contributed by atoms with Crippen LogP contribution in [-0.4, -0.2) is 18.2 Å². The summed E-state index contributed by atoms with van der Waals surface area (Å²) in [5.41, 5.74) is 1.18. The van der Waals surface area contributed by atoms with Crippen LogP contribution in [0.15, 0.2) is 47.5 Å². The fourth-order valence-corrected chi connectivity index (χ4v) is 4.02. The number of nitrogens with zero attached hydrogens (tertiary/aromatic N) is 1. The molecule has 0 saturated heterocycles. The van der Waals surface area contributed by atoms with E-state index in [0.29, 0.717) is 24.1 Å². The number of rotatable bonds is 2. The Morgan fingerprint density at radius 2 is 1.65 bits per heavy atom. The van der Waals surface area contributed by atoms with Gasteiger partial charge >= 0.3 is 0 Å². The third kappa shape index (κ3) is 2.08. The molecule has 0 aliphatic heterocycles. The average Bonchev–Trinajstić information content (AvgIpc) is 2.81. The Bertz CT molecular complexity index is 745. The van der Waals surface area contributed by atoms with E-state index in [1.165, 1.54) is 10.2 Å². The lowest BCUT2D eigenvalue weighted by molar-refractivity contribution is 0.0982. The van der Waals surface area contributed by atoms with Crippen molar-refractivity contribution >= 4 is 15.8 Å². The van der Waals surface area contributed by atoms with Crippen molar-refractivity contribution in [1.29, 1.82) is 0 Å². The minimum atomic E-state index is -3.61. The smallest absolute Gasteiger partial charge is 0.267 e. The number of benzene rings is 1. The SMILES string of the molecule is O=C1CCCCc2c1ccn2S(=O)(=O)c1ccccc1. The van der Waals surface area contributed by atoms with Gasteiger partial charge < -0.3 is 0 Å². The summed E-state index contributed by atoms with van der Waals surface area (Å²) in [4.78, 5) is 12.2. The lowest BCUT2D eigenvalue weighted by atomic mass is 10.1. The highest BCUT2D eigenvalue weighted by Crippen LogP contribution is 2.25. The van der Waals surface area contributed by atoms with Crippen molar-refractivity contribution in [1.82, 2.24) is 3.97 Å². The van der Waals surface area contributed by atoms with Crippen LogP contribution in [0.3, 0.4) is 0 Å². The molecule has 0 fully saturated rings. The normalized spacial score (nSPS) is 15.7. The molecule has 0 radical (unpaired) electrons. The van der Waals surface area contributed by atoms with Crippen molar-refractivity contribution < 1.29 is 13.2 Å². The lowest BCUT2D eigenvalue weighted by Crippen LogP contribution is -2.15. The molecule has 0 spiro atoms. The number of carbonyl (C=O) groups excluding carboxylic acids is 1. The van der Waals surface area contributed by atoms with Crippen molar-refractivity contribution in [3.63, 3.8) is 0 Å². The maximum absolute atomic E-state index is 12.6. The second-order valence-corrected chi connectivity index (χ2v) is 6.74. The molecule has 0 amide bonds. The Balaban J connectivity index is 2.15. The fourth-order valence-electron chi connectivity index (χ4n) is 2.59. The molecule has 1 aromatic heterocycles. The summed E-state index contributed by atoms with van der Waals surface area (Å²) in [5, 5.41) is 0. The first-order valence-electron chi connectivity index (χ1n) is 6.65. The molecule has 0 unspecified atom stereocenters. The van der Waals surface area contributed by atoms with E-state index in [0.717, 1.165) is 12.8 Å². The first-order valence-corrected chi connectivity index (χ1v) is 8.09. The van der Waals surface area contributed by atoms with Crippen molar-refractivity contribution in [3.05, 3.63) is 53.9 Å². The molecule has 2 aromatic rings. The number of carbonyl (C=O) groups is 1. The van der Waals surface area contributed by atoms with Crippen molar-refractivity contribution in [2.24, 2.45) is 0 Å². The van der Waals surface area contributed by atoms with E-state index in [1.54, 1.807) is 36.4 Å². The van der Waals surface area contributed by atoms with Gasteiger partial charge in [0.25, 0.3) is 10.0 Å². The minimum absolute atomic E-state index is 0.0412. The van der Waals surface area contributed by atoms with Crippen LogP contribution < -0.4 is 0 Å². The summed E-state index contributed by atoms with van der Waals surface area (Å²) in [5.74, 6) is 0.0412. The average molecular weight is 289 g/mol. The number of aromatic nitrogens is 1. The zero-order valence-corrected chi connectivity index (χ0v) is 11.8. The highest BCUT2D eigenvalue weighted by atomic mass is 32.2. The van der Waals surface area contributed by atoms with Crippen LogP contribution >= 0.6 is 0 Å². The Morgan fingerprint density at radius 3 is 2.40 bits per heavy atom. The van der Waals surface area contributed by atoms with Gasteiger partial charge in [-0.3, -0.25) is 4.79 Å². The van der Waals surface area contributed by atoms with E-state index >= 15 is 0 Å². The second kappa shape index (κ2) is 4.90. The molecule has 20 heavy (non-hydrogen) atoms. The van der Waals surface area contributed by atoms with Gasteiger partial charge in [-0.2, -0.15) is 0 Å². The van der Waals surface area contributed by atoms with Gasteiger partial charge in [-0.05, 0) is 37.5 Å². The van der Waals surface area contributed by atoms with Gasteiger partial charge in [-0.15, -0.1) is 0 Å². The Kier molecular flexibility index (Phi) is 3.22. The van der Waals surface area contributed by atoms with Crippen LogP contribution in [0.5, 0.6) is 0 Å². The molecule has 4 nitrogen and oxygen atoms in total. The van der Waals surface area contributed by atoms with Gasteiger partial charge in [0, 0.05) is 23.9 Å². The molecule has 1 heterocycles. The third-order valence-electron chi connectivity index (χ3n) is 3.62. The first kappa shape index (κ1) is 13.1. The van der Waals surface area contributed by atoms with E-state index < -0.39 is 10.0 Å². The predicted molar refractivity (Wildman–Crippen MR) is 75.3 cm³/mol. The maximum atomic E-state index is 12.6. The summed E-state index contributed by atoms with van der Waals surface area (Å²) in [6, 6.07) is 9.93. The van der Waals surface area contributed by atoms with Crippen molar-refractivity contribution in [3.8, 4) is 0 Å². The molecule has 104 valence electrons. The molecule has 0 N–H and O–H groups in total. The highest BCUT2D eigenvalue weighted by Gasteiger charge is 2.25. The standard InChI is InChI=1S/C15H15NO3S/c17-15-9-5-4-8-14-13(15)10-11-16(14)20(18,19)12-6-2-1-3-7-12/h1-3,6-7,10-11H,4-5,8-9H2. The topological polar surface area (TPSA) is 56.1 Å². The molecule has 3 rings (SSSR count). The van der Waals surface area contributed by atoms with E-state index in [1.807, 2.05) is 0 Å². The number of Topliss-reactive ketones (excluding diaryl/α,β-unsaturated/α-hetero) is 1. The number of hydrogen-bond donors (Lipinski definition) is 0. The van der Waals surface area contributed by atoms with Crippen molar-refractivity contribution in [2.45, 2.75) is 30.6 Å². The summed E-state index contributed by atoms with van der Waals surface area (Å²) < 4.78 is 26.5. The van der Waals surface area contributed by atoms with Gasteiger partial charge in [0.05, 0.1) is 4.90 Å². The Labute approximate surface area is 118 Å². The van der Waals surface area contributed by atoms with E-state index in [9.17, 15) is 13.2 Å². The Hall–Kier alpha value is -1.88. The van der Waals surface area contributed by atoms with Crippen LogP contribution in [0.2, 0.25) is 0 Å². The molecule has 1 aliphatic rings. The summed E-state index contributed by atoms with van der Waals surface area (Å²) in [6.45, 7) is 0. The molecule has 0 atom stereocenters. The van der Waals surface area contributed by atoms with Crippen molar-refractivity contribution in [2.75, 3.05) is 0 Å². The number of ketones is 1. The van der Waals surface area contributed by atoms with Crippen LogP contribution in [0.1, 0.15) is 35.3 Å². The quantitative estimate of drug-likeness (QED) is 0.799. The van der Waals surface area contributed by atoms with E-state index in [2.05, 4.69) is 0 Å². The second-order valence-electron chi connectivity index (χ2n) is 4.92. The van der Waals surface area contributed by atoms with Gasteiger partial charge in [-0.1, -0.05) is 18.2 Å². The fraction of sp³-hybridized carbons (Fsp3) is 0.267. The van der Waals surface area contributed by atoms with E-state index in [4.69, 9.17) is 0 Å². The van der Waals surface area contributed by atoms with Crippen LogP contribution in [0.25, 0.3) is 0 Å². The highest BCUT2D eigenvalue weighted by molar-refractivity contribution is 7.90. The maximum Gasteiger partial charge on any atom is 0.267 e. The first-order chi connectivity index (χ1) is 9.60. The van der Waals surface area contributed by atoms with Gasteiger partial charge in [0.15, 0.2) is 5.78 Å². The molecule has 0 bridgehead atoms. The summed E-state index contributed by atoms with van der Waals surface area (Å²) in [6.07, 6.45) is 4.28. The van der Waals surface area contributed by atoms with E-state index in [-0.39, 0.29) is 10.7 Å². The molecule has 5 heteroatoms. The van der Waals surface area contributed by atoms with Crippen LogP contribution in [0.4, 0.5) is 0 Å². The van der Waals surface area contributed by atoms with Gasteiger partial charge in [-0.25, -0.2) is 12.4 Å². The number of fused-ring (bicyclic) bond motifs is 1. The third-order valence-corrected chi connectivity index (χ3v) is 5.35. The number of hydrogen-bond acceptors (Lipinski definition) is 3. The molecular formula is C15H15NO3S. The zero-order valence-electron chi connectivity index (χ0n) is 11.0. The predicted octanol–water partition coefficient (Wildman–Crippen LogP) is 2.63. The summed E-state index contributed by atoms with van der Waals surface area (Å²) in [7, 11) is -3.61. The van der Waals surface area contributed by atoms with Crippen LogP contribution in [-0.2, 0) is 16.4 Å². The monoisotopic (exact) mass is 289 g/mol. The zero-order chi connectivity index (χ0) is 14.2. The van der Waals surface area contributed by atoms with Gasteiger partial charge in [0.1, 0.15) is 0 Å². The minimum Gasteiger partial charge on any atom is -0.294 e. The Morgan fingerprint density at radius 1 is 0.950 bits per heavy atom. The largest absolute Gasteiger partial charge is 0.294 e. The molecule has 1 aliphatic carbocycles. The summed E-state index contributed by atoms with van der Waals surface area (Å²) >= 11 is 0.